The SMILES string of the molecule is CCCCOc1ccc(C2C(C(=O)c3cc4cc(Cl)cc(OC)c4o3)=C(O)C(=O)N2CCOC)cc1. The van der Waals surface area contributed by atoms with Gasteiger partial charge >= 0.3 is 0 Å². The Morgan fingerprint density at radius 3 is 2.56 bits per heavy atom. The van der Waals surface area contributed by atoms with Crippen LogP contribution in [0.25, 0.3) is 11.0 Å². The highest BCUT2D eigenvalue weighted by atomic mass is 35.5. The van der Waals surface area contributed by atoms with Crippen LogP contribution in [0.4, 0.5) is 0 Å². The van der Waals surface area contributed by atoms with E-state index >= 15 is 0 Å². The summed E-state index contributed by atoms with van der Waals surface area (Å²) < 4.78 is 22.0. The first-order valence-electron chi connectivity index (χ1n) is 11.7. The van der Waals surface area contributed by atoms with Crippen LogP contribution in [0, 0.1) is 0 Å². The number of Topliss-reactive ketones (excluding diaryl/α,β-unsaturated/α-hetero) is 1. The number of aliphatic hydroxyl groups is 1. The van der Waals surface area contributed by atoms with Gasteiger partial charge in [-0.15, -0.1) is 0 Å². The number of carbonyl (C=O) groups excluding carboxylic acids is 2. The molecule has 3 aromatic rings. The van der Waals surface area contributed by atoms with Crippen LogP contribution >= 0.6 is 11.6 Å². The van der Waals surface area contributed by atoms with Gasteiger partial charge in [0.25, 0.3) is 5.91 Å². The van der Waals surface area contributed by atoms with Crippen LogP contribution in [0.15, 0.2) is 58.2 Å². The first-order chi connectivity index (χ1) is 17.4. The van der Waals surface area contributed by atoms with E-state index in [1.54, 1.807) is 36.4 Å². The Morgan fingerprint density at radius 1 is 1.14 bits per heavy atom. The van der Waals surface area contributed by atoms with Crippen LogP contribution in [-0.2, 0) is 9.53 Å². The fraction of sp³-hybridized carbons (Fsp3) is 0.333. The van der Waals surface area contributed by atoms with Crippen molar-refractivity contribution in [1.29, 1.82) is 0 Å². The van der Waals surface area contributed by atoms with Crippen molar-refractivity contribution in [2.45, 2.75) is 25.8 Å². The Bertz CT molecular complexity index is 1300. The Morgan fingerprint density at radius 2 is 1.89 bits per heavy atom. The Labute approximate surface area is 214 Å². The molecule has 1 unspecified atom stereocenters. The molecular formula is C27H28ClNO7. The molecule has 2 aromatic carbocycles. The zero-order valence-corrected chi connectivity index (χ0v) is 21.1. The van der Waals surface area contributed by atoms with Crippen LogP contribution in [-0.4, -0.2) is 55.7 Å². The third-order valence-corrected chi connectivity index (χ3v) is 6.26. The van der Waals surface area contributed by atoms with Gasteiger partial charge in [-0.1, -0.05) is 37.1 Å². The van der Waals surface area contributed by atoms with Gasteiger partial charge in [-0.2, -0.15) is 0 Å². The summed E-state index contributed by atoms with van der Waals surface area (Å²) in [6.45, 7) is 3.10. The second-order valence-corrected chi connectivity index (χ2v) is 8.83. The van der Waals surface area contributed by atoms with Crippen LogP contribution in [0.3, 0.4) is 0 Å². The highest BCUT2D eigenvalue weighted by Crippen LogP contribution is 2.41. The smallest absolute Gasteiger partial charge is 0.290 e. The van der Waals surface area contributed by atoms with E-state index in [1.165, 1.54) is 25.2 Å². The molecule has 0 aliphatic carbocycles. The number of unbranched alkanes of at least 4 members (excludes halogenated alkanes) is 1. The van der Waals surface area contributed by atoms with Crippen molar-refractivity contribution in [3.05, 3.63) is 70.1 Å². The van der Waals surface area contributed by atoms with Crippen LogP contribution in [0.5, 0.6) is 11.5 Å². The van der Waals surface area contributed by atoms with Crippen LogP contribution in [0.2, 0.25) is 5.02 Å². The lowest BCUT2D eigenvalue weighted by Crippen LogP contribution is -2.34. The Hall–Kier alpha value is -3.49. The van der Waals surface area contributed by atoms with E-state index in [4.69, 9.17) is 30.2 Å². The summed E-state index contributed by atoms with van der Waals surface area (Å²) in [5.41, 5.74) is 0.919. The molecule has 0 saturated carbocycles. The quantitative estimate of drug-likeness (QED) is 0.267. The maximum absolute atomic E-state index is 13.7. The minimum Gasteiger partial charge on any atom is -0.503 e. The number of ether oxygens (including phenoxy) is 3. The summed E-state index contributed by atoms with van der Waals surface area (Å²) >= 11 is 6.16. The molecule has 8 nitrogen and oxygen atoms in total. The molecule has 1 atom stereocenters. The van der Waals surface area contributed by atoms with E-state index in [0.29, 0.717) is 39.7 Å². The second kappa shape index (κ2) is 11.1. The summed E-state index contributed by atoms with van der Waals surface area (Å²) in [6.07, 6.45) is 1.96. The Balaban J connectivity index is 1.73. The number of aliphatic hydroxyl groups excluding tert-OH is 1. The molecule has 0 saturated heterocycles. The largest absolute Gasteiger partial charge is 0.503 e. The highest BCUT2D eigenvalue weighted by Gasteiger charge is 2.44. The molecule has 2 heterocycles. The van der Waals surface area contributed by atoms with Gasteiger partial charge in [-0.25, -0.2) is 0 Å². The minimum absolute atomic E-state index is 0.0435. The van der Waals surface area contributed by atoms with Crippen molar-refractivity contribution in [2.24, 2.45) is 0 Å². The molecule has 36 heavy (non-hydrogen) atoms. The minimum atomic E-state index is -0.830. The van der Waals surface area contributed by atoms with Crippen LogP contribution < -0.4 is 9.47 Å². The number of ketones is 1. The summed E-state index contributed by atoms with van der Waals surface area (Å²) in [5, 5.41) is 11.8. The van der Waals surface area contributed by atoms with Gasteiger partial charge in [0.15, 0.2) is 22.9 Å². The van der Waals surface area contributed by atoms with Crippen molar-refractivity contribution in [2.75, 3.05) is 34.0 Å². The zero-order chi connectivity index (χ0) is 25.8. The van der Waals surface area contributed by atoms with Gasteiger partial charge in [0, 0.05) is 30.1 Å². The number of hydrogen-bond donors (Lipinski definition) is 1. The number of amides is 1. The van der Waals surface area contributed by atoms with Gasteiger partial charge in [-0.3, -0.25) is 9.59 Å². The fourth-order valence-corrected chi connectivity index (χ4v) is 4.43. The lowest BCUT2D eigenvalue weighted by molar-refractivity contribution is -0.130. The summed E-state index contributed by atoms with van der Waals surface area (Å²) in [5.74, 6) is -0.867. The summed E-state index contributed by atoms with van der Waals surface area (Å²) in [7, 11) is 2.99. The number of nitrogens with zero attached hydrogens (tertiary/aromatic N) is 1. The first kappa shape index (κ1) is 25.6. The maximum atomic E-state index is 13.7. The molecule has 1 aliphatic rings. The monoisotopic (exact) mass is 513 g/mol. The van der Waals surface area contributed by atoms with Gasteiger partial charge in [0.1, 0.15) is 5.75 Å². The molecule has 9 heteroatoms. The zero-order valence-electron chi connectivity index (χ0n) is 20.4. The topological polar surface area (TPSA) is 98.4 Å². The van der Waals surface area contributed by atoms with Crippen LogP contribution in [0.1, 0.15) is 41.9 Å². The third-order valence-electron chi connectivity index (χ3n) is 6.04. The molecule has 0 spiro atoms. The molecule has 4 rings (SSSR count). The van der Waals surface area contributed by atoms with Crippen molar-refractivity contribution >= 4 is 34.3 Å². The van der Waals surface area contributed by atoms with Crippen molar-refractivity contribution in [3.8, 4) is 11.5 Å². The molecule has 190 valence electrons. The van der Waals surface area contributed by atoms with Gasteiger partial charge in [0.05, 0.1) is 31.9 Å². The molecule has 0 fully saturated rings. The van der Waals surface area contributed by atoms with Gasteiger partial charge in [-0.05, 0) is 36.2 Å². The number of halogens is 1. The average Bonchev–Trinajstić information content (AvgIpc) is 3.41. The molecule has 0 bridgehead atoms. The van der Waals surface area contributed by atoms with Gasteiger partial charge < -0.3 is 28.6 Å². The number of furan rings is 1. The Kier molecular flexibility index (Phi) is 7.86. The van der Waals surface area contributed by atoms with Gasteiger partial charge in [0.2, 0.25) is 5.78 Å². The summed E-state index contributed by atoms with van der Waals surface area (Å²) in [4.78, 5) is 28.1. The average molecular weight is 514 g/mol. The standard InChI is InChI=1S/C27H28ClNO7/c1-4-5-11-35-19-8-6-16(7-9-19)23-22(25(31)27(32)29(23)10-12-33-2)24(30)20-14-17-13-18(28)15-21(34-3)26(17)36-20/h6-9,13-15,23,31H,4-5,10-12H2,1-3H3. The van der Waals surface area contributed by atoms with E-state index in [-0.39, 0.29) is 24.5 Å². The number of rotatable bonds is 11. The maximum Gasteiger partial charge on any atom is 0.290 e. The molecule has 0 radical (unpaired) electrons. The highest BCUT2D eigenvalue weighted by molar-refractivity contribution is 6.31. The van der Waals surface area contributed by atoms with E-state index in [2.05, 4.69) is 6.92 Å². The predicted octanol–water partition coefficient (Wildman–Crippen LogP) is 5.50. The number of hydrogen-bond acceptors (Lipinski definition) is 7. The van der Waals surface area contributed by atoms with Crippen molar-refractivity contribution in [3.63, 3.8) is 0 Å². The second-order valence-electron chi connectivity index (χ2n) is 8.39. The lowest BCUT2D eigenvalue weighted by atomic mass is 9.95. The third kappa shape index (κ3) is 4.92. The van der Waals surface area contributed by atoms with Crippen molar-refractivity contribution < 1.29 is 33.3 Å². The first-order valence-corrected chi connectivity index (χ1v) is 12.0. The number of fused-ring (bicyclic) bond motifs is 1. The van der Waals surface area contributed by atoms with E-state index in [0.717, 1.165) is 12.8 Å². The number of benzene rings is 2. The summed E-state index contributed by atoms with van der Waals surface area (Å²) in [6, 6.07) is 11.1. The van der Waals surface area contributed by atoms with Crippen molar-refractivity contribution in [1.82, 2.24) is 4.90 Å². The molecule has 1 N–H and O–H groups in total. The number of methoxy groups -OCH3 is 2. The predicted molar refractivity (Wildman–Crippen MR) is 135 cm³/mol. The molecule has 1 amide bonds. The normalized spacial score (nSPS) is 15.7. The molecule has 1 aliphatic heterocycles. The molecule has 1 aromatic heterocycles. The van der Waals surface area contributed by atoms with E-state index < -0.39 is 23.5 Å². The lowest BCUT2D eigenvalue weighted by Gasteiger charge is -2.26. The van der Waals surface area contributed by atoms with E-state index in [1.807, 2.05) is 0 Å². The van der Waals surface area contributed by atoms with E-state index in [9.17, 15) is 14.7 Å². The molecular weight excluding hydrogens is 486 g/mol. The fourth-order valence-electron chi connectivity index (χ4n) is 4.22. The number of carbonyl (C=O) groups is 2.